The molecule has 1 aliphatic rings. The van der Waals surface area contributed by atoms with Crippen LogP contribution in [0.4, 0.5) is 0 Å². The zero-order valence-electron chi connectivity index (χ0n) is 11.1. The number of hydrogen-bond acceptors (Lipinski definition) is 3. The van der Waals surface area contributed by atoms with Gasteiger partial charge in [0.25, 0.3) is 0 Å². The van der Waals surface area contributed by atoms with Crippen molar-refractivity contribution in [3.63, 3.8) is 0 Å². The fraction of sp³-hybridized carbons (Fsp3) is 0.500. The van der Waals surface area contributed by atoms with E-state index in [4.69, 9.17) is 4.74 Å². The minimum Gasteiger partial charge on any atom is -0.493 e. The molecular weight excluding hydrogens is 308 g/mol. The molecule has 0 atom stereocenters. The van der Waals surface area contributed by atoms with Gasteiger partial charge in [-0.05, 0) is 25.2 Å². The van der Waals surface area contributed by atoms with E-state index < -0.39 is 0 Å². The highest BCUT2D eigenvalue weighted by molar-refractivity contribution is 9.10. The fourth-order valence-electron chi connectivity index (χ4n) is 2.03. The Kier molecular flexibility index (Phi) is 5.22. The van der Waals surface area contributed by atoms with E-state index in [1.54, 1.807) is 0 Å². The summed E-state index contributed by atoms with van der Waals surface area (Å²) in [5, 5.41) is 0. The third-order valence-corrected chi connectivity index (χ3v) is 3.73. The molecule has 19 heavy (non-hydrogen) atoms. The highest BCUT2D eigenvalue weighted by Gasteiger charge is 2.18. The van der Waals surface area contributed by atoms with Gasteiger partial charge in [-0.15, -0.1) is 0 Å². The van der Waals surface area contributed by atoms with Gasteiger partial charge in [0.1, 0.15) is 5.75 Å². The number of carbonyl (C=O) groups is 1. The van der Waals surface area contributed by atoms with E-state index >= 15 is 0 Å². The summed E-state index contributed by atoms with van der Waals surface area (Å²) in [6, 6.07) is 7.66. The second-order valence-electron chi connectivity index (χ2n) is 4.74. The van der Waals surface area contributed by atoms with Crippen molar-refractivity contribution in [3.8, 4) is 5.75 Å². The molecule has 1 heterocycles. The quantitative estimate of drug-likeness (QED) is 0.848. The molecule has 0 bridgehead atoms. The van der Waals surface area contributed by atoms with Crippen molar-refractivity contribution in [3.05, 3.63) is 28.7 Å². The predicted octanol–water partition coefficient (Wildman–Crippen LogP) is 1.99. The first kappa shape index (κ1) is 14.3. The van der Waals surface area contributed by atoms with Crippen LogP contribution in [-0.4, -0.2) is 55.5 Å². The smallest absolute Gasteiger partial charge is 0.226 e. The normalized spacial score (nSPS) is 16.4. The molecule has 0 aliphatic carbocycles. The Morgan fingerprint density at radius 2 is 2.05 bits per heavy atom. The van der Waals surface area contributed by atoms with Gasteiger partial charge >= 0.3 is 0 Å². The zero-order chi connectivity index (χ0) is 13.7. The number of ether oxygens (including phenoxy) is 1. The van der Waals surface area contributed by atoms with Gasteiger partial charge in [-0.2, -0.15) is 0 Å². The maximum atomic E-state index is 12.0. The summed E-state index contributed by atoms with van der Waals surface area (Å²) in [6.07, 6.45) is 0.441. The lowest BCUT2D eigenvalue weighted by molar-refractivity contribution is -0.133. The van der Waals surface area contributed by atoms with Crippen molar-refractivity contribution in [2.24, 2.45) is 0 Å². The van der Waals surface area contributed by atoms with Gasteiger partial charge in [-0.1, -0.05) is 22.0 Å². The van der Waals surface area contributed by atoms with Gasteiger partial charge < -0.3 is 14.5 Å². The Morgan fingerprint density at radius 3 is 2.74 bits per heavy atom. The fourth-order valence-corrected chi connectivity index (χ4v) is 2.41. The molecule has 2 rings (SSSR count). The van der Waals surface area contributed by atoms with Crippen molar-refractivity contribution in [2.45, 2.75) is 6.42 Å². The van der Waals surface area contributed by atoms with E-state index in [1.165, 1.54) is 0 Å². The second-order valence-corrected chi connectivity index (χ2v) is 5.66. The summed E-state index contributed by atoms with van der Waals surface area (Å²) in [5.41, 5.74) is 0. The number of likely N-dealkylation sites (N-methyl/N-ethyl adjacent to an activating group) is 1. The molecule has 0 N–H and O–H groups in total. The molecule has 1 aromatic rings. The summed E-state index contributed by atoms with van der Waals surface area (Å²) < 4.78 is 6.56. The molecule has 0 spiro atoms. The lowest BCUT2D eigenvalue weighted by Crippen LogP contribution is -2.47. The molecule has 4 nitrogen and oxygen atoms in total. The van der Waals surface area contributed by atoms with Crippen molar-refractivity contribution in [1.29, 1.82) is 0 Å². The predicted molar refractivity (Wildman–Crippen MR) is 78.3 cm³/mol. The largest absolute Gasteiger partial charge is 0.493 e. The molecule has 5 heteroatoms. The van der Waals surface area contributed by atoms with Crippen LogP contribution in [0, 0.1) is 0 Å². The third kappa shape index (κ3) is 4.51. The molecule has 0 saturated carbocycles. The first-order chi connectivity index (χ1) is 9.15. The van der Waals surface area contributed by atoms with Crippen molar-refractivity contribution in [1.82, 2.24) is 9.80 Å². The number of hydrogen-bond donors (Lipinski definition) is 0. The minimum absolute atomic E-state index is 0.183. The maximum absolute atomic E-state index is 12.0. The average Bonchev–Trinajstić information content (AvgIpc) is 2.39. The van der Waals surface area contributed by atoms with Crippen LogP contribution in [-0.2, 0) is 4.79 Å². The standard InChI is InChI=1S/C14H19BrN2O2/c1-16-6-8-17(9-7-16)14(18)5-10-19-13-4-2-3-12(15)11-13/h2-4,11H,5-10H2,1H3. The van der Waals surface area contributed by atoms with Crippen molar-refractivity contribution >= 4 is 21.8 Å². The summed E-state index contributed by atoms with van der Waals surface area (Å²) in [7, 11) is 2.08. The SMILES string of the molecule is CN1CCN(C(=O)CCOc2cccc(Br)c2)CC1. The first-order valence-electron chi connectivity index (χ1n) is 6.50. The van der Waals surface area contributed by atoms with Crippen LogP contribution < -0.4 is 4.74 Å². The third-order valence-electron chi connectivity index (χ3n) is 3.24. The van der Waals surface area contributed by atoms with Gasteiger partial charge in [-0.25, -0.2) is 0 Å². The number of amides is 1. The number of benzene rings is 1. The summed E-state index contributed by atoms with van der Waals surface area (Å²) in [6.45, 7) is 4.00. The molecule has 104 valence electrons. The van der Waals surface area contributed by atoms with Crippen LogP contribution in [0.5, 0.6) is 5.75 Å². The second kappa shape index (κ2) is 6.91. The van der Waals surface area contributed by atoms with Crippen LogP contribution in [0.3, 0.4) is 0 Å². The molecule has 1 aromatic carbocycles. The Hall–Kier alpha value is -1.07. The Bertz CT molecular complexity index is 431. The van der Waals surface area contributed by atoms with Crippen LogP contribution in [0.15, 0.2) is 28.7 Å². The lowest BCUT2D eigenvalue weighted by Gasteiger charge is -2.32. The van der Waals surface area contributed by atoms with E-state index in [-0.39, 0.29) is 5.91 Å². The Morgan fingerprint density at radius 1 is 1.32 bits per heavy atom. The summed E-state index contributed by atoms with van der Waals surface area (Å²) in [4.78, 5) is 16.1. The van der Waals surface area contributed by atoms with Crippen LogP contribution in [0.1, 0.15) is 6.42 Å². The van der Waals surface area contributed by atoms with E-state index in [9.17, 15) is 4.79 Å². The number of carbonyl (C=O) groups excluding carboxylic acids is 1. The van der Waals surface area contributed by atoms with Gasteiger partial charge in [0.2, 0.25) is 5.91 Å². The van der Waals surface area contributed by atoms with Gasteiger partial charge in [0, 0.05) is 30.7 Å². The lowest BCUT2D eigenvalue weighted by atomic mass is 10.3. The monoisotopic (exact) mass is 326 g/mol. The highest BCUT2D eigenvalue weighted by atomic mass is 79.9. The molecule has 1 amide bonds. The maximum Gasteiger partial charge on any atom is 0.226 e. The van der Waals surface area contributed by atoms with Crippen molar-refractivity contribution < 1.29 is 9.53 Å². The Labute approximate surface area is 122 Å². The number of halogens is 1. The first-order valence-corrected chi connectivity index (χ1v) is 7.29. The van der Waals surface area contributed by atoms with E-state index in [1.807, 2.05) is 29.2 Å². The zero-order valence-corrected chi connectivity index (χ0v) is 12.7. The molecule has 0 radical (unpaired) electrons. The number of piperazine rings is 1. The van der Waals surface area contributed by atoms with Gasteiger partial charge in [-0.3, -0.25) is 4.79 Å². The number of rotatable bonds is 4. The van der Waals surface area contributed by atoms with Crippen LogP contribution in [0.2, 0.25) is 0 Å². The van der Waals surface area contributed by atoms with Crippen LogP contribution >= 0.6 is 15.9 Å². The molecule has 1 saturated heterocycles. The minimum atomic E-state index is 0.183. The van der Waals surface area contributed by atoms with Crippen molar-refractivity contribution in [2.75, 3.05) is 39.8 Å². The number of nitrogens with zero attached hydrogens (tertiary/aromatic N) is 2. The molecule has 0 unspecified atom stereocenters. The topological polar surface area (TPSA) is 32.8 Å². The molecule has 1 fully saturated rings. The summed E-state index contributed by atoms with van der Waals surface area (Å²) in [5.74, 6) is 0.976. The highest BCUT2D eigenvalue weighted by Crippen LogP contribution is 2.17. The van der Waals surface area contributed by atoms with Crippen LogP contribution in [0.25, 0.3) is 0 Å². The molecule has 1 aliphatic heterocycles. The molecule has 0 aromatic heterocycles. The van der Waals surface area contributed by atoms with Gasteiger partial charge in [0.15, 0.2) is 0 Å². The molecular formula is C14H19BrN2O2. The Balaban J connectivity index is 1.72. The van der Waals surface area contributed by atoms with E-state index in [0.29, 0.717) is 13.0 Å². The van der Waals surface area contributed by atoms with E-state index in [2.05, 4.69) is 27.9 Å². The average molecular weight is 327 g/mol. The van der Waals surface area contributed by atoms with E-state index in [0.717, 1.165) is 36.4 Å². The van der Waals surface area contributed by atoms with Gasteiger partial charge in [0.05, 0.1) is 13.0 Å². The summed E-state index contributed by atoms with van der Waals surface area (Å²) >= 11 is 3.39.